The van der Waals surface area contributed by atoms with Crippen LogP contribution in [0.25, 0.3) is 0 Å². The molecular weight excluding hydrogens is 325 g/mol. The molecule has 0 saturated carbocycles. The van der Waals surface area contributed by atoms with Crippen molar-refractivity contribution in [2.24, 2.45) is 5.73 Å². The van der Waals surface area contributed by atoms with E-state index in [0.717, 1.165) is 17.7 Å². The molecular formula is C12H11Cl2NS3. The molecule has 0 fully saturated rings. The molecule has 0 aromatic carbocycles. The van der Waals surface area contributed by atoms with E-state index in [1.54, 1.807) is 0 Å². The summed E-state index contributed by atoms with van der Waals surface area (Å²) < 4.78 is 1.40. The molecule has 3 heterocycles. The standard InChI is InChI=1S/C12H11Cl2NS3/c13-10-4-7(12(14)18-10)11(15)9-3-6-5-16-2-1-8(6)17-9/h3-4,11H,1-2,5,15H2. The zero-order valence-corrected chi connectivity index (χ0v) is 13.4. The molecule has 0 spiro atoms. The predicted octanol–water partition coefficient (Wildman–Crippen LogP) is 4.95. The van der Waals surface area contributed by atoms with Gasteiger partial charge < -0.3 is 5.73 Å². The van der Waals surface area contributed by atoms with E-state index in [0.29, 0.717) is 8.67 Å². The number of nitrogens with two attached hydrogens (primary N) is 1. The first kappa shape index (κ1) is 13.3. The molecule has 0 aliphatic carbocycles. The first-order chi connectivity index (χ1) is 8.65. The molecule has 0 bridgehead atoms. The van der Waals surface area contributed by atoms with Gasteiger partial charge in [0.15, 0.2) is 0 Å². The first-order valence-corrected chi connectivity index (χ1v) is 9.09. The molecule has 1 aliphatic heterocycles. The van der Waals surface area contributed by atoms with Crippen molar-refractivity contribution in [2.75, 3.05) is 5.75 Å². The summed E-state index contributed by atoms with van der Waals surface area (Å²) in [5.74, 6) is 2.32. The Morgan fingerprint density at radius 1 is 1.22 bits per heavy atom. The van der Waals surface area contributed by atoms with Crippen molar-refractivity contribution in [1.82, 2.24) is 0 Å². The van der Waals surface area contributed by atoms with Crippen LogP contribution < -0.4 is 5.73 Å². The molecule has 2 aromatic heterocycles. The minimum Gasteiger partial charge on any atom is -0.320 e. The van der Waals surface area contributed by atoms with Crippen molar-refractivity contribution >= 4 is 57.6 Å². The van der Waals surface area contributed by atoms with Crippen LogP contribution in [0.2, 0.25) is 8.67 Å². The van der Waals surface area contributed by atoms with Gasteiger partial charge in [0.05, 0.1) is 14.7 Å². The van der Waals surface area contributed by atoms with Crippen molar-refractivity contribution in [3.05, 3.63) is 41.7 Å². The summed E-state index contributed by atoms with van der Waals surface area (Å²) in [5, 5.41) is 0. The highest BCUT2D eigenvalue weighted by molar-refractivity contribution is 7.98. The Bertz CT molecular complexity index is 552. The lowest BCUT2D eigenvalue weighted by molar-refractivity contribution is 0.898. The molecule has 1 atom stereocenters. The Balaban J connectivity index is 1.94. The SMILES string of the molecule is NC(c1cc2c(s1)CCSC2)c1cc(Cl)sc1Cl. The lowest BCUT2D eigenvalue weighted by Gasteiger charge is -2.08. The molecule has 0 amide bonds. The summed E-state index contributed by atoms with van der Waals surface area (Å²) in [6.07, 6.45) is 1.16. The van der Waals surface area contributed by atoms with Crippen LogP contribution in [0, 0.1) is 0 Å². The van der Waals surface area contributed by atoms with Gasteiger partial charge in [-0.1, -0.05) is 23.2 Å². The van der Waals surface area contributed by atoms with E-state index in [1.807, 2.05) is 29.2 Å². The molecule has 1 aliphatic rings. The monoisotopic (exact) mass is 335 g/mol. The van der Waals surface area contributed by atoms with Gasteiger partial charge in [-0.2, -0.15) is 11.8 Å². The van der Waals surface area contributed by atoms with E-state index in [4.69, 9.17) is 28.9 Å². The second kappa shape index (κ2) is 5.35. The van der Waals surface area contributed by atoms with Gasteiger partial charge in [0.1, 0.15) is 0 Å². The molecule has 0 radical (unpaired) electrons. The molecule has 0 saturated heterocycles. The van der Waals surface area contributed by atoms with E-state index < -0.39 is 0 Å². The van der Waals surface area contributed by atoms with Gasteiger partial charge in [0.2, 0.25) is 0 Å². The van der Waals surface area contributed by atoms with Gasteiger partial charge in [-0.15, -0.1) is 22.7 Å². The van der Waals surface area contributed by atoms with Crippen LogP contribution in [-0.2, 0) is 12.2 Å². The van der Waals surface area contributed by atoms with Crippen molar-refractivity contribution in [3.8, 4) is 0 Å². The van der Waals surface area contributed by atoms with Crippen molar-refractivity contribution in [3.63, 3.8) is 0 Å². The highest BCUT2D eigenvalue weighted by Crippen LogP contribution is 2.40. The van der Waals surface area contributed by atoms with Gasteiger partial charge in [0, 0.05) is 21.1 Å². The van der Waals surface area contributed by atoms with Crippen molar-refractivity contribution in [1.29, 1.82) is 0 Å². The number of hydrogen-bond donors (Lipinski definition) is 1. The summed E-state index contributed by atoms with van der Waals surface area (Å²) in [7, 11) is 0. The third kappa shape index (κ3) is 2.47. The largest absolute Gasteiger partial charge is 0.320 e. The minimum absolute atomic E-state index is 0.151. The van der Waals surface area contributed by atoms with Crippen LogP contribution >= 0.6 is 57.6 Å². The van der Waals surface area contributed by atoms with E-state index in [9.17, 15) is 0 Å². The molecule has 18 heavy (non-hydrogen) atoms. The van der Waals surface area contributed by atoms with Crippen molar-refractivity contribution in [2.45, 2.75) is 18.2 Å². The Morgan fingerprint density at radius 2 is 2.06 bits per heavy atom. The van der Waals surface area contributed by atoms with Crippen LogP contribution in [0.3, 0.4) is 0 Å². The Kier molecular flexibility index (Phi) is 3.95. The zero-order valence-electron chi connectivity index (χ0n) is 9.41. The fraction of sp³-hybridized carbons (Fsp3) is 0.333. The Morgan fingerprint density at radius 3 is 2.72 bits per heavy atom. The van der Waals surface area contributed by atoms with Crippen LogP contribution in [0.4, 0.5) is 0 Å². The van der Waals surface area contributed by atoms with Gasteiger partial charge in [-0.05, 0) is 29.9 Å². The molecule has 1 unspecified atom stereocenters. The lowest BCUT2D eigenvalue weighted by atomic mass is 10.1. The second-order valence-corrected chi connectivity index (χ2v) is 8.72. The normalized spacial score (nSPS) is 16.6. The third-order valence-corrected chi connectivity index (χ3v) is 6.82. The van der Waals surface area contributed by atoms with E-state index in [1.165, 1.54) is 32.4 Å². The summed E-state index contributed by atoms with van der Waals surface area (Å²) in [5.41, 5.74) is 8.70. The second-order valence-electron chi connectivity index (χ2n) is 4.16. The fourth-order valence-electron chi connectivity index (χ4n) is 2.04. The fourth-order valence-corrected chi connectivity index (χ4v) is 5.99. The average molecular weight is 336 g/mol. The minimum atomic E-state index is -0.151. The Labute approximate surface area is 128 Å². The maximum atomic E-state index is 6.31. The summed E-state index contributed by atoms with van der Waals surface area (Å²) >= 11 is 17.3. The van der Waals surface area contributed by atoms with Gasteiger partial charge in [-0.25, -0.2) is 0 Å². The molecule has 6 heteroatoms. The molecule has 2 aromatic rings. The van der Waals surface area contributed by atoms with Gasteiger partial charge >= 0.3 is 0 Å². The zero-order chi connectivity index (χ0) is 12.7. The van der Waals surface area contributed by atoms with Gasteiger partial charge in [-0.3, -0.25) is 0 Å². The van der Waals surface area contributed by atoms with E-state index in [-0.39, 0.29) is 6.04 Å². The van der Waals surface area contributed by atoms with Gasteiger partial charge in [0.25, 0.3) is 0 Å². The van der Waals surface area contributed by atoms with Crippen LogP contribution in [0.5, 0.6) is 0 Å². The van der Waals surface area contributed by atoms with Crippen LogP contribution in [0.1, 0.15) is 26.9 Å². The quantitative estimate of drug-likeness (QED) is 0.839. The topological polar surface area (TPSA) is 26.0 Å². The molecule has 2 N–H and O–H groups in total. The maximum absolute atomic E-state index is 6.31. The number of thioether (sulfide) groups is 1. The average Bonchev–Trinajstić information content (AvgIpc) is 2.91. The van der Waals surface area contributed by atoms with E-state index >= 15 is 0 Å². The maximum Gasteiger partial charge on any atom is 0.0995 e. The summed E-state index contributed by atoms with van der Waals surface area (Å²) in [6.45, 7) is 0. The number of halogens is 2. The molecule has 96 valence electrons. The highest BCUT2D eigenvalue weighted by Gasteiger charge is 2.21. The predicted molar refractivity (Wildman–Crippen MR) is 84.6 cm³/mol. The third-order valence-electron chi connectivity index (χ3n) is 2.97. The molecule has 3 rings (SSSR count). The number of thiophene rings is 2. The summed E-state index contributed by atoms with van der Waals surface area (Å²) in [6, 6.07) is 3.97. The number of hydrogen-bond acceptors (Lipinski definition) is 4. The Hall–Kier alpha value is 0.290. The molecule has 1 nitrogen and oxygen atoms in total. The highest BCUT2D eigenvalue weighted by atomic mass is 35.5. The lowest BCUT2D eigenvalue weighted by Crippen LogP contribution is -2.09. The van der Waals surface area contributed by atoms with E-state index in [2.05, 4.69) is 6.07 Å². The van der Waals surface area contributed by atoms with Crippen LogP contribution in [0.15, 0.2) is 12.1 Å². The number of rotatable bonds is 2. The summed E-state index contributed by atoms with van der Waals surface area (Å²) in [4.78, 5) is 2.68. The first-order valence-electron chi connectivity index (χ1n) is 5.54. The van der Waals surface area contributed by atoms with Crippen molar-refractivity contribution < 1.29 is 0 Å². The number of fused-ring (bicyclic) bond motifs is 1. The van der Waals surface area contributed by atoms with Crippen LogP contribution in [-0.4, -0.2) is 5.75 Å². The smallest absolute Gasteiger partial charge is 0.0995 e. The number of aryl methyl sites for hydroxylation is 1.